The molecule has 0 heterocycles. The molecule has 2 amide bonds. The van der Waals surface area contributed by atoms with Gasteiger partial charge in [0, 0.05) is 12.0 Å². The molecule has 0 radical (unpaired) electrons. The number of rotatable bonds is 7. The number of carbonyl (C=O) groups excluding carboxylic acids is 3. The summed E-state index contributed by atoms with van der Waals surface area (Å²) in [4.78, 5) is 34.7. The Labute approximate surface area is 140 Å². The van der Waals surface area contributed by atoms with Crippen LogP contribution in [0.2, 0.25) is 0 Å². The number of hydrogen-bond acceptors (Lipinski definition) is 3. The Bertz CT molecular complexity index is 724. The summed E-state index contributed by atoms with van der Waals surface area (Å²) in [6, 6.07) is 16.0. The van der Waals surface area contributed by atoms with Gasteiger partial charge in [0.25, 0.3) is 5.91 Å². The van der Waals surface area contributed by atoms with Crippen molar-refractivity contribution in [1.82, 2.24) is 5.32 Å². The summed E-state index contributed by atoms with van der Waals surface area (Å²) >= 11 is 0. The zero-order valence-corrected chi connectivity index (χ0v) is 13.5. The molecule has 0 saturated heterocycles. The first-order valence-electron chi connectivity index (χ1n) is 7.72. The Morgan fingerprint density at radius 2 is 1.54 bits per heavy atom. The van der Waals surface area contributed by atoms with Gasteiger partial charge in [0.1, 0.15) is 11.8 Å². The second-order valence-electron chi connectivity index (χ2n) is 5.61. The maximum absolute atomic E-state index is 12.2. The van der Waals surface area contributed by atoms with E-state index in [9.17, 15) is 14.4 Å². The molecule has 0 aliphatic heterocycles. The fourth-order valence-corrected chi connectivity index (χ4v) is 2.32. The summed E-state index contributed by atoms with van der Waals surface area (Å²) in [6.45, 7) is 1.43. The summed E-state index contributed by atoms with van der Waals surface area (Å²) in [5.74, 6) is -1.09. The van der Waals surface area contributed by atoms with Crippen LogP contribution in [-0.2, 0) is 9.59 Å². The third-order valence-electron chi connectivity index (χ3n) is 3.69. The third kappa shape index (κ3) is 4.78. The van der Waals surface area contributed by atoms with E-state index in [1.54, 1.807) is 12.1 Å². The van der Waals surface area contributed by atoms with E-state index in [1.165, 1.54) is 6.92 Å². The van der Waals surface area contributed by atoms with Crippen molar-refractivity contribution in [2.75, 3.05) is 0 Å². The van der Waals surface area contributed by atoms with Crippen molar-refractivity contribution in [3.05, 3.63) is 60.2 Å². The minimum atomic E-state index is -0.852. The number of amides is 2. The van der Waals surface area contributed by atoms with Gasteiger partial charge in [0.15, 0.2) is 0 Å². The van der Waals surface area contributed by atoms with Gasteiger partial charge in [-0.25, -0.2) is 0 Å². The van der Waals surface area contributed by atoms with E-state index in [2.05, 4.69) is 5.32 Å². The highest BCUT2D eigenvalue weighted by Crippen LogP contribution is 2.19. The Kier molecular flexibility index (Phi) is 5.84. The van der Waals surface area contributed by atoms with Crippen LogP contribution in [-0.4, -0.2) is 23.6 Å². The van der Waals surface area contributed by atoms with Crippen LogP contribution < -0.4 is 11.1 Å². The van der Waals surface area contributed by atoms with Crippen molar-refractivity contribution in [3.8, 4) is 11.1 Å². The van der Waals surface area contributed by atoms with E-state index in [1.807, 2.05) is 42.5 Å². The van der Waals surface area contributed by atoms with Crippen LogP contribution in [0, 0.1) is 0 Å². The number of benzene rings is 2. The molecule has 0 aromatic heterocycles. The van der Waals surface area contributed by atoms with Crippen LogP contribution in [0.4, 0.5) is 0 Å². The predicted molar refractivity (Wildman–Crippen MR) is 92.2 cm³/mol. The van der Waals surface area contributed by atoms with E-state index in [-0.39, 0.29) is 24.5 Å². The molecular weight excluding hydrogens is 304 g/mol. The first-order valence-corrected chi connectivity index (χ1v) is 7.72. The molecule has 2 rings (SSSR count). The predicted octanol–water partition coefficient (Wildman–Crippen LogP) is 2.31. The first-order chi connectivity index (χ1) is 11.5. The second kappa shape index (κ2) is 8.06. The lowest BCUT2D eigenvalue weighted by atomic mass is 10.0. The van der Waals surface area contributed by atoms with Crippen molar-refractivity contribution < 1.29 is 14.4 Å². The quantitative estimate of drug-likeness (QED) is 0.819. The molecule has 0 aliphatic carbocycles. The van der Waals surface area contributed by atoms with Crippen molar-refractivity contribution in [2.45, 2.75) is 25.8 Å². The van der Waals surface area contributed by atoms with Gasteiger partial charge in [-0.2, -0.15) is 0 Å². The number of primary amides is 1. The Morgan fingerprint density at radius 3 is 2.08 bits per heavy atom. The molecule has 5 nitrogen and oxygen atoms in total. The highest BCUT2D eigenvalue weighted by atomic mass is 16.2. The molecule has 24 heavy (non-hydrogen) atoms. The van der Waals surface area contributed by atoms with Gasteiger partial charge in [0.2, 0.25) is 5.91 Å². The van der Waals surface area contributed by atoms with Crippen molar-refractivity contribution in [1.29, 1.82) is 0 Å². The number of nitrogens with two attached hydrogens (primary N) is 1. The number of Topliss-reactive ketones (excluding diaryl/α,β-unsaturated/α-hetero) is 1. The number of nitrogens with one attached hydrogen (secondary N) is 1. The molecule has 3 N–H and O–H groups in total. The minimum Gasteiger partial charge on any atom is -0.368 e. The number of ketones is 1. The molecule has 5 heteroatoms. The van der Waals surface area contributed by atoms with Crippen molar-refractivity contribution in [3.63, 3.8) is 0 Å². The number of carbonyl (C=O) groups is 3. The fraction of sp³-hybridized carbons (Fsp3) is 0.211. The topological polar surface area (TPSA) is 89.3 Å². The standard InChI is InChI=1S/C19H20N2O3/c1-13(22)7-12-17(18(20)23)21-19(24)16-10-8-15(9-11-16)14-5-3-2-4-6-14/h2-6,8-11,17H,7,12H2,1H3,(H2,20,23)(H,21,24)/t17-/m1/s1. The first kappa shape index (κ1) is 17.4. The smallest absolute Gasteiger partial charge is 0.251 e. The monoisotopic (exact) mass is 324 g/mol. The van der Waals surface area contributed by atoms with Crippen LogP contribution in [0.1, 0.15) is 30.1 Å². The van der Waals surface area contributed by atoms with Crippen molar-refractivity contribution in [2.24, 2.45) is 5.73 Å². The van der Waals surface area contributed by atoms with Crippen LogP contribution in [0.15, 0.2) is 54.6 Å². The molecule has 0 fully saturated rings. The minimum absolute atomic E-state index is 0.0530. The van der Waals surface area contributed by atoms with E-state index in [0.717, 1.165) is 11.1 Å². The zero-order valence-electron chi connectivity index (χ0n) is 13.5. The van der Waals surface area contributed by atoms with Crippen LogP contribution in [0.5, 0.6) is 0 Å². The summed E-state index contributed by atoms with van der Waals surface area (Å²) < 4.78 is 0. The van der Waals surface area contributed by atoms with Gasteiger partial charge in [-0.1, -0.05) is 42.5 Å². The fourth-order valence-electron chi connectivity index (χ4n) is 2.32. The molecule has 1 atom stereocenters. The zero-order chi connectivity index (χ0) is 17.5. The molecule has 0 spiro atoms. The largest absolute Gasteiger partial charge is 0.368 e. The molecular formula is C19H20N2O3. The third-order valence-corrected chi connectivity index (χ3v) is 3.69. The molecule has 2 aromatic rings. The lowest BCUT2D eigenvalue weighted by molar-refractivity contribution is -0.120. The molecule has 0 unspecified atom stereocenters. The average molecular weight is 324 g/mol. The highest BCUT2D eigenvalue weighted by molar-refractivity contribution is 5.97. The summed E-state index contributed by atoms with van der Waals surface area (Å²) in [6.07, 6.45) is 0.402. The van der Waals surface area contributed by atoms with Crippen LogP contribution in [0.25, 0.3) is 11.1 Å². The van der Waals surface area contributed by atoms with Crippen molar-refractivity contribution >= 4 is 17.6 Å². The highest BCUT2D eigenvalue weighted by Gasteiger charge is 2.19. The van der Waals surface area contributed by atoms with Gasteiger partial charge in [-0.15, -0.1) is 0 Å². The van der Waals surface area contributed by atoms with Crippen LogP contribution >= 0.6 is 0 Å². The van der Waals surface area contributed by atoms with E-state index in [4.69, 9.17) is 5.73 Å². The summed E-state index contributed by atoms with van der Waals surface area (Å²) in [7, 11) is 0. The molecule has 0 bridgehead atoms. The molecule has 2 aromatic carbocycles. The van der Waals surface area contributed by atoms with E-state index in [0.29, 0.717) is 5.56 Å². The summed E-state index contributed by atoms with van der Waals surface area (Å²) in [5, 5.41) is 2.58. The van der Waals surface area contributed by atoms with E-state index < -0.39 is 11.9 Å². The SMILES string of the molecule is CC(=O)CC[C@@H](NC(=O)c1ccc(-c2ccccc2)cc1)C(N)=O. The normalized spacial score (nSPS) is 11.5. The maximum Gasteiger partial charge on any atom is 0.251 e. The van der Waals surface area contributed by atoms with Crippen LogP contribution in [0.3, 0.4) is 0 Å². The van der Waals surface area contributed by atoms with Gasteiger partial charge < -0.3 is 15.8 Å². The second-order valence-corrected chi connectivity index (χ2v) is 5.61. The lowest BCUT2D eigenvalue weighted by Gasteiger charge is -2.15. The Hall–Kier alpha value is -2.95. The lowest BCUT2D eigenvalue weighted by Crippen LogP contribution is -2.44. The van der Waals surface area contributed by atoms with E-state index >= 15 is 0 Å². The van der Waals surface area contributed by atoms with Gasteiger partial charge in [0.05, 0.1) is 0 Å². The van der Waals surface area contributed by atoms with Gasteiger partial charge in [-0.05, 0) is 36.6 Å². The summed E-state index contributed by atoms with van der Waals surface area (Å²) in [5.41, 5.74) is 7.77. The Morgan fingerprint density at radius 1 is 0.958 bits per heavy atom. The number of hydrogen-bond donors (Lipinski definition) is 2. The molecule has 124 valence electrons. The van der Waals surface area contributed by atoms with Gasteiger partial charge in [-0.3, -0.25) is 9.59 Å². The Balaban J connectivity index is 2.06. The molecule has 0 saturated carbocycles. The van der Waals surface area contributed by atoms with Gasteiger partial charge >= 0.3 is 0 Å². The maximum atomic E-state index is 12.2. The average Bonchev–Trinajstić information content (AvgIpc) is 2.59. The molecule has 0 aliphatic rings.